The lowest BCUT2D eigenvalue weighted by atomic mass is 10.1. The molecule has 0 aliphatic rings. The van der Waals surface area contributed by atoms with Crippen LogP contribution < -0.4 is 15.4 Å². The number of halogens is 1. The number of hydrogen-bond donors (Lipinski definition) is 2. The summed E-state index contributed by atoms with van der Waals surface area (Å²) in [4.78, 5) is 23.9. The van der Waals surface area contributed by atoms with Crippen LogP contribution >= 0.6 is 15.9 Å². The summed E-state index contributed by atoms with van der Waals surface area (Å²) in [5, 5.41) is 2.64. The SMILES string of the molecule is Cc1cc(N(CC(=O)Nc2cccc(C(N)=O)c2C)S(C)(=O)=O)ccc1Br. The van der Waals surface area contributed by atoms with Crippen molar-refractivity contribution in [2.24, 2.45) is 5.73 Å². The van der Waals surface area contributed by atoms with Crippen LogP contribution in [0.2, 0.25) is 0 Å². The number of nitrogens with zero attached hydrogens (tertiary/aromatic N) is 1. The van der Waals surface area contributed by atoms with Crippen LogP contribution in [0.15, 0.2) is 40.9 Å². The van der Waals surface area contributed by atoms with Crippen molar-refractivity contribution in [2.75, 3.05) is 22.4 Å². The lowest BCUT2D eigenvalue weighted by Gasteiger charge is -2.23. The van der Waals surface area contributed by atoms with Gasteiger partial charge in [-0.3, -0.25) is 13.9 Å². The van der Waals surface area contributed by atoms with Crippen molar-refractivity contribution in [3.8, 4) is 0 Å². The Balaban J connectivity index is 2.29. The predicted octanol–water partition coefficient (Wildman–Crippen LogP) is 2.57. The average Bonchev–Trinajstić information content (AvgIpc) is 2.56. The minimum atomic E-state index is -3.68. The molecule has 7 nitrogen and oxygen atoms in total. The van der Waals surface area contributed by atoms with Crippen LogP contribution in [0.25, 0.3) is 0 Å². The molecule has 3 N–H and O–H groups in total. The molecule has 0 bridgehead atoms. The molecular weight excluding hydrogens is 434 g/mol. The van der Waals surface area contributed by atoms with Gasteiger partial charge in [-0.2, -0.15) is 0 Å². The fourth-order valence-corrected chi connectivity index (χ4v) is 3.64. The number of hydrogen-bond acceptors (Lipinski definition) is 4. The fraction of sp³-hybridized carbons (Fsp3) is 0.222. The highest BCUT2D eigenvalue weighted by molar-refractivity contribution is 9.10. The number of benzene rings is 2. The van der Waals surface area contributed by atoms with Gasteiger partial charge in [-0.15, -0.1) is 0 Å². The Kier molecular flexibility index (Phi) is 6.27. The number of anilines is 2. The number of nitrogens with two attached hydrogens (primary N) is 1. The molecule has 0 atom stereocenters. The minimum absolute atomic E-state index is 0.288. The van der Waals surface area contributed by atoms with Gasteiger partial charge >= 0.3 is 0 Å². The number of nitrogens with one attached hydrogen (secondary N) is 1. The molecule has 0 aliphatic heterocycles. The molecule has 2 rings (SSSR count). The average molecular weight is 454 g/mol. The van der Waals surface area contributed by atoms with Gasteiger partial charge in [0.2, 0.25) is 21.8 Å². The summed E-state index contributed by atoms with van der Waals surface area (Å²) in [5.74, 6) is -1.14. The standard InChI is InChI=1S/C18H20BrN3O4S/c1-11-9-13(7-8-15(11)19)22(27(3,25)26)10-17(23)21-16-6-4-5-14(12(16)2)18(20)24/h4-9H,10H2,1-3H3,(H2,20,24)(H,21,23). The Hall–Kier alpha value is -2.39. The second-order valence-electron chi connectivity index (χ2n) is 6.09. The van der Waals surface area contributed by atoms with E-state index in [2.05, 4.69) is 21.2 Å². The fourth-order valence-electron chi connectivity index (χ4n) is 2.54. The molecule has 9 heteroatoms. The zero-order chi connectivity index (χ0) is 20.4. The van der Waals surface area contributed by atoms with Gasteiger partial charge in [-0.1, -0.05) is 22.0 Å². The van der Waals surface area contributed by atoms with Gasteiger partial charge in [0.1, 0.15) is 6.54 Å². The van der Waals surface area contributed by atoms with Crippen molar-refractivity contribution in [3.05, 3.63) is 57.6 Å². The molecule has 0 radical (unpaired) electrons. The van der Waals surface area contributed by atoms with E-state index < -0.39 is 28.4 Å². The van der Waals surface area contributed by atoms with Crippen molar-refractivity contribution in [2.45, 2.75) is 13.8 Å². The van der Waals surface area contributed by atoms with E-state index in [0.29, 0.717) is 16.9 Å². The van der Waals surface area contributed by atoms with Crippen LogP contribution in [0.1, 0.15) is 21.5 Å². The second kappa shape index (κ2) is 8.10. The van der Waals surface area contributed by atoms with E-state index in [1.54, 1.807) is 43.3 Å². The quantitative estimate of drug-likeness (QED) is 0.699. The second-order valence-corrected chi connectivity index (χ2v) is 8.85. The summed E-state index contributed by atoms with van der Waals surface area (Å²) in [6, 6.07) is 9.78. The Labute approximate surface area is 166 Å². The monoisotopic (exact) mass is 453 g/mol. The Morgan fingerprint density at radius 2 is 1.85 bits per heavy atom. The Morgan fingerprint density at radius 3 is 2.41 bits per heavy atom. The first-order valence-corrected chi connectivity index (χ1v) is 10.6. The van der Waals surface area contributed by atoms with Crippen LogP contribution in [-0.2, 0) is 14.8 Å². The van der Waals surface area contributed by atoms with Gasteiger partial charge < -0.3 is 11.1 Å². The topological polar surface area (TPSA) is 110 Å². The van der Waals surface area contributed by atoms with Crippen molar-refractivity contribution in [1.29, 1.82) is 0 Å². The van der Waals surface area contributed by atoms with Crippen LogP contribution in [0.4, 0.5) is 11.4 Å². The molecule has 0 spiro atoms. The third-order valence-corrected chi connectivity index (χ3v) is 6.02. The first kappa shape index (κ1) is 20.9. The van der Waals surface area contributed by atoms with Crippen LogP contribution in [0, 0.1) is 13.8 Å². The predicted molar refractivity (Wildman–Crippen MR) is 109 cm³/mol. The molecule has 0 aromatic heterocycles. The third kappa shape index (κ3) is 5.08. The summed E-state index contributed by atoms with van der Waals surface area (Å²) >= 11 is 3.37. The first-order valence-electron chi connectivity index (χ1n) is 7.94. The van der Waals surface area contributed by atoms with Crippen molar-refractivity contribution < 1.29 is 18.0 Å². The van der Waals surface area contributed by atoms with Gasteiger partial charge in [-0.05, 0) is 55.3 Å². The molecule has 0 aliphatic carbocycles. The van der Waals surface area contributed by atoms with E-state index in [9.17, 15) is 18.0 Å². The number of sulfonamides is 1. The molecule has 2 aromatic rings. The molecule has 144 valence electrons. The molecule has 0 saturated carbocycles. The molecule has 27 heavy (non-hydrogen) atoms. The third-order valence-electron chi connectivity index (χ3n) is 3.99. The highest BCUT2D eigenvalue weighted by atomic mass is 79.9. The maximum absolute atomic E-state index is 12.5. The van der Waals surface area contributed by atoms with E-state index in [-0.39, 0.29) is 5.56 Å². The highest BCUT2D eigenvalue weighted by Crippen LogP contribution is 2.25. The number of carbonyl (C=O) groups excluding carboxylic acids is 2. The van der Waals surface area contributed by atoms with Gasteiger partial charge in [0.05, 0.1) is 11.9 Å². The maximum atomic E-state index is 12.5. The van der Waals surface area contributed by atoms with Crippen LogP contribution in [-0.4, -0.2) is 33.0 Å². The zero-order valence-corrected chi connectivity index (χ0v) is 17.5. The first-order chi connectivity index (χ1) is 12.5. The van der Waals surface area contributed by atoms with Gasteiger partial charge in [0.15, 0.2) is 0 Å². The van der Waals surface area contributed by atoms with Crippen molar-refractivity contribution >= 4 is 49.1 Å². The highest BCUT2D eigenvalue weighted by Gasteiger charge is 2.22. The van der Waals surface area contributed by atoms with Gasteiger partial charge in [0.25, 0.3) is 0 Å². The van der Waals surface area contributed by atoms with Crippen molar-refractivity contribution in [1.82, 2.24) is 0 Å². The molecule has 2 aromatic carbocycles. The van der Waals surface area contributed by atoms with Gasteiger partial charge in [-0.25, -0.2) is 8.42 Å². The Bertz CT molecular complexity index is 1010. The molecular formula is C18H20BrN3O4S. The normalized spacial score (nSPS) is 11.1. The molecule has 0 unspecified atom stereocenters. The lowest BCUT2D eigenvalue weighted by Crippen LogP contribution is -2.37. The molecule has 0 fully saturated rings. The van der Waals surface area contributed by atoms with E-state index in [4.69, 9.17) is 5.73 Å². The van der Waals surface area contributed by atoms with E-state index in [1.807, 2.05) is 6.92 Å². The minimum Gasteiger partial charge on any atom is -0.366 e. The largest absolute Gasteiger partial charge is 0.366 e. The Morgan fingerprint density at radius 1 is 1.19 bits per heavy atom. The number of primary amides is 1. The number of aryl methyl sites for hydroxylation is 1. The summed E-state index contributed by atoms with van der Waals surface area (Å²) < 4.78 is 26.3. The van der Waals surface area contributed by atoms with Crippen LogP contribution in [0.5, 0.6) is 0 Å². The lowest BCUT2D eigenvalue weighted by molar-refractivity contribution is -0.114. The van der Waals surface area contributed by atoms with E-state index in [1.165, 1.54) is 0 Å². The number of rotatable bonds is 6. The molecule has 2 amide bonds. The smallest absolute Gasteiger partial charge is 0.249 e. The summed E-state index contributed by atoms with van der Waals surface area (Å²) in [6.45, 7) is 3.08. The number of amides is 2. The molecule has 0 heterocycles. The van der Waals surface area contributed by atoms with E-state index >= 15 is 0 Å². The van der Waals surface area contributed by atoms with Gasteiger partial charge in [0, 0.05) is 15.7 Å². The summed E-state index contributed by atoms with van der Waals surface area (Å²) in [6.07, 6.45) is 1.04. The summed E-state index contributed by atoms with van der Waals surface area (Å²) in [5.41, 5.74) is 7.74. The molecule has 0 saturated heterocycles. The maximum Gasteiger partial charge on any atom is 0.249 e. The van der Waals surface area contributed by atoms with E-state index in [0.717, 1.165) is 20.6 Å². The van der Waals surface area contributed by atoms with Crippen LogP contribution in [0.3, 0.4) is 0 Å². The number of carbonyl (C=O) groups is 2. The summed E-state index contributed by atoms with van der Waals surface area (Å²) in [7, 11) is -3.68. The van der Waals surface area contributed by atoms with Crippen molar-refractivity contribution in [3.63, 3.8) is 0 Å². The zero-order valence-electron chi connectivity index (χ0n) is 15.1.